The molecule has 1 aromatic carbocycles. The molecule has 0 atom stereocenters. The van der Waals surface area contributed by atoms with Gasteiger partial charge < -0.3 is 0 Å². The topological polar surface area (TPSA) is 0 Å². The highest BCUT2D eigenvalue weighted by Crippen LogP contribution is 2.02. The van der Waals surface area contributed by atoms with Crippen LogP contribution in [0.4, 0.5) is 0 Å². The lowest BCUT2D eigenvalue weighted by Gasteiger charge is -1.94. The van der Waals surface area contributed by atoms with Gasteiger partial charge in [0.25, 0.3) is 0 Å². The van der Waals surface area contributed by atoms with Crippen LogP contribution in [-0.4, -0.2) is 0 Å². The first-order valence-electron chi connectivity index (χ1n) is 3.50. The van der Waals surface area contributed by atoms with Crippen molar-refractivity contribution in [3.63, 3.8) is 0 Å². The smallest absolute Gasteiger partial charge is 0.0349 e. The van der Waals surface area contributed by atoms with Crippen molar-refractivity contribution in [2.24, 2.45) is 0 Å². The lowest BCUT2D eigenvalue weighted by molar-refractivity contribution is 1.30. The highest BCUT2D eigenvalue weighted by Gasteiger charge is 1.87. The maximum Gasteiger partial charge on any atom is 0.0349 e. The minimum Gasteiger partial charge on any atom is -0.0922 e. The van der Waals surface area contributed by atoms with E-state index < -0.39 is 0 Å². The van der Waals surface area contributed by atoms with Crippen molar-refractivity contribution < 1.29 is 0 Å². The van der Waals surface area contributed by atoms with E-state index in [4.69, 9.17) is 0 Å². The molecule has 0 fully saturated rings. The molecule has 0 aromatic heterocycles. The van der Waals surface area contributed by atoms with Crippen LogP contribution in [0.5, 0.6) is 0 Å². The highest BCUT2D eigenvalue weighted by molar-refractivity contribution is 7.85. The second-order valence-corrected chi connectivity index (χ2v) is 2.67. The van der Waals surface area contributed by atoms with Crippen molar-refractivity contribution in [1.29, 1.82) is 0 Å². The van der Waals surface area contributed by atoms with Crippen LogP contribution in [0.2, 0.25) is 0 Å². The largest absolute Gasteiger partial charge is 0.0922 e. The van der Waals surface area contributed by atoms with Crippen LogP contribution in [-0.2, 0) is 6.42 Å². The van der Waals surface area contributed by atoms with Crippen LogP contribution in [0.15, 0.2) is 24.3 Å². The van der Waals surface area contributed by atoms with Gasteiger partial charge in [0.05, 0.1) is 0 Å². The first kappa shape index (κ1) is 8.23. The molecule has 0 aliphatic heterocycles. The monoisotopic (exact) mass is 162 g/mol. The van der Waals surface area contributed by atoms with E-state index in [9.17, 15) is 0 Å². The van der Waals surface area contributed by atoms with Gasteiger partial charge in [-0.1, -0.05) is 48.4 Å². The molecule has 0 N–H and O–H groups in total. The van der Waals surface area contributed by atoms with E-state index in [1.807, 2.05) is 0 Å². The minimum absolute atomic E-state index is 0.795. The molecule has 0 heterocycles. The number of hydrogen-bond acceptors (Lipinski definition) is 1. The summed E-state index contributed by atoms with van der Waals surface area (Å²) in [6.45, 7) is 2.08. The Morgan fingerprint density at radius 1 is 1.27 bits per heavy atom. The van der Waals surface area contributed by atoms with E-state index in [0.717, 1.165) is 6.42 Å². The highest BCUT2D eigenvalue weighted by atomic mass is 32.1. The minimum atomic E-state index is 0.795. The molecule has 1 aromatic rings. The molecule has 0 aliphatic carbocycles. The second kappa shape index (κ2) is 4.10. The zero-order chi connectivity index (χ0) is 8.10. The van der Waals surface area contributed by atoms with Crippen LogP contribution >= 0.6 is 12.6 Å². The molecule has 0 aliphatic rings. The van der Waals surface area contributed by atoms with E-state index in [1.165, 1.54) is 11.1 Å². The number of benzene rings is 1. The maximum absolute atomic E-state index is 3.81. The van der Waals surface area contributed by atoms with Crippen molar-refractivity contribution in [2.45, 2.75) is 13.3 Å². The number of rotatable bonds is 1. The lowest BCUT2D eigenvalue weighted by atomic mass is 10.1. The molecular formula is C10H10S. The Morgan fingerprint density at radius 2 is 1.91 bits per heavy atom. The predicted octanol–water partition coefficient (Wildman–Crippen LogP) is 2.43. The van der Waals surface area contributed by atoms with Crippen LogP contribution < -0.4 is 0 Å². The first-order chi connectivity index (χ1) is 5.33. The average Bonchev–Trinajstić information content (AvgIpc) is 2.04. The normalized spacial score (nSPS) is 8.55. The van der Waals surface area contributed by atoms with Gasteiger partial charge in [-0.2, -0.15) is 0 Å². The van der Waals surface area contributed by atoms with Crippen molar-refractivity contribution >= 4 is 12.6 Å². The van der Waals surface area contributed by atoms with Crippen LogP contribution in [0.3, 0.4) is 0 Å². The van der Waals surface area contributed by atoms with E-state index in [0.29, 0.717) is 0 Å². The summed E-state index contributed by atoms with van der Waals surface area (Å²) in [7, 11) is 0. The Bertz CT molecular complexity index is 274. The van der Waals surface area contributed by atoms with Crippen LogP contribution in [0, 0.1) is 18.1 Å². The van der Waals surface area contributed by atoms with E-state index >= 15 is 0 Å². The van der Waals surface area contributed by atoms with Crippen molar-refractivity contribution in [2.75, 3.05) is 0 Å². The lowest BCUT2D eigenvalue weighted by Crippen LogP contribution is -1.80. The third-order valence-corrected chi connectivity index (χ3v) is 1.65. The summed E-state index contributed by atoms with van der Waals surface area (Å²) in [6.07, 6.45) is 0.795. The van der Waals surface area contributed by atoms with Gasteiger partial charge in [-0.3, -0.25) is 0 Å². The molecule has 0 bridgehead atoms. The van der Waals surface area contributed by atoms with E-state index in [1.54, 1.807) is 0 Å². The molecule has 1 heteroatoms. The summed E-state index contributed by atoms with van der Waals surface area (Å²) in [5.74, 6) is 2.90. The van der Waals surface area contributed by atoms with Crippen molar-refractivity contribution in [1.82, 2.24) is 0 Å². The molecule has 0 nitrogen and oxygen atoms in total. The molecule has 0 amide bonds. The molecule has 0 radical (unpaired) electrons. The van der Waals surface area contributed by atoms with E-state index in [2.05, 4.69) is 55.0 Å². The van der Waals surface area contributed by atoms with Gasteiger partial charge in [0.2, 0.25) is 0 Å². The molecular weight excluding hydrogens is 152 g/mol. The first-order valence-corrected chi connectivity index (χ1v) is 3.95. The second-order valence-electron chi connectivity index (χ2n) is 2.45. The summed E-state index contributed by atoms with van der Waals surface area (Å²) in [6, 6.07) is 8.37. The molecule has 0 saturated heterocycles. The zero-order valence-electron chi connectivity index (χ0n) is 6.46. The Hall–Kier alpha value is -0.870. The molecule has 56 valence electrons. The summed E-state index contributed by atoms with van der Waals surface area (Å²) >= 11 is 3.81. The maximum atomic E-state index is 3.81. The standard InChI is InChI=1S/C10H10S/c1-9-4-6-10(7-5-9)3-2-8-11/h4-7,11H,3H2,1H3. The van der Waals surface area contributed by atoms with Gasteiger partial charge in [0.15, 0.2) is 0 Å². The molecule has 0 spiro atoms. The number of hydrogen-bond donors (Lipinski definition) is 1. The fourth-order valence-corrected chi connectivity index (χ4v) is 0.927. The van der Waals surface area contributed by atoms with E-state index in [-0.39, 0.29) is 0 Å². The van der Waals surface area contributed by atoms with Gasteiger partial charge in [-0.25, -0.2) is 0 Å². The average molecular weight is 162 g/mol. The Labute approximate surface area is 73.0 Å². The third-order valence-electron chi connectivity index (χ3n) is 1.49. The Kier molecular flexibility index (Phi) is 3.07. The van der Waals surface area contributed by atoms with Gasteiger partial charge in [-0.15, -0.1) is 0 Å². The quantitative estimate of drug-likeness (QED) is 0.476. The fraction of sp³-hybridized carbons (Fsp3) is 0.200. The summed E-state index contributed by atoms with van der Waals surface area (Å²) in [5.41, 5.74) is 2.53. The third kappa shape index (κ3) is 2.69. The summed E-state index contributed by atoms with van der Waals surface area (Å²) in [4.78, 5) is 0. The molecule has 0 unspecified atom stereocenters. The van der Waals surface area contributed by atoms with Gasteiger partial charge in [0.1, 0.15) is 0 Å². The summed E-state index contributed by atoms with van der Waals surface area (Å²) in [5, 5.41) is 2.58. The number of thiol groups is 1. The van der Waals surface area contributed by atoms with Gasteiger partial charge in [0, 0.05) is 6.42 Å². The molecule has 1 rings (SSSR count). The SMILES string of the molecule is Cc1ccc(CC#CS)cc1. The van der Waals surface area contributed by atoms with Crippen molar-refractivity contribution in [3.05, 3.63) is 35.4 Å². The summed E-state index contributed by atoms with van der Waals surface area (Å²) < 4.78 is 0. The predicted molar refractivity (Wildman–Crippen MR) is 51.6 cm³/mol. The fourth-order valence-electron chi connectivity index (χ4n) is 0.848. The Morgan fingerprint density at radius 3 is 2.45 bits per heavy atom. The van der Waals surface area contributed by atoms with Gasteiger partial charge >= 0.3 is 0 Å². The van der Waals surface area contributed by atoms with Crippen molar-refractivity contribution in [3.8, 4) is 11.2 Å². The Balaban J connectivity index is 2.71. The number of aryl methyl sites for hydroxylation is 1. The molecule has 0 saturated carbocycles. The van der Waals surface area contributed by atoms with Crippen LogP contribution in [0.25, 0.3) is 0 Å². The van der Waals surface area contributed by atoms with Crippen LogP contribution in [0.1, 0.15) is 11.1 Å². The molecule has 11 heavy (non-hydrogen) atoms. The van der Waals surface area contributed by atoms with Gasteiger partial charge in [-0.05, 0) is 17.7 Å². The zero-order valence-corrected chi connectivity index (χ0v) is 7.36.